The Labute approximate surface area is 136 Å². The summed E-state index contributed by atoms with van der Waals surface area (Å²) >= 11 is 0. The van der Waals surface area contributed by atoms with Crippen LogP contribution in [0.1, 0.15) is 33.2 Å². The number of carbonyl (C=O) groups excluding carboxylic acids is 1. The van der Waals surface area contributed by atoms with Crippen LogP contribution in [-0.2, 0) is 19.4 Å². The topological polar surface area (TPSA) is 71.6 Å². The maximum absolute atomic E-state index is 12.9. The third-order valence-corrected chi connectivity index (χ3v) is 3.16. The first-order chi connectivity index (χ1) is 11.4. The third-order valence-electron chi connectivity index (χ3n) is 3.16. The number of hydrogen-bond acceptors (Lipinski definition) is 4. The van der Waals surface area contributed by atoms with Crippen molar-refractivity contribution in [3.63, 3.8) is 0 Å². The molecule has 132 valence electrons. The first-order valence-corrected chi connectivity index (χ1v) is 6.53. The first kappa shape index (κ1) is 18.4. The summed E-state index contributed by atoms with van der Waals surface area (Å²) in [6.45, 7) is 0. The van der Waals surface area contributed by atoms with Gasteiger partial charge in [0.2, 0.25) is 0 Å². The van der Waals surface area contributed by atoms with Gasteiger partial charge < -0.3 is 0 Å². The second-order valence-corrected chi connectivity index (χ2v) is 4.96. The number of carbonyl (C=O) groups is 1. The fourth-order valence-electron chi connectivity index (χ4n) is 2.04. The number of aromatic nitrogens is 3. The molecule has 0 aromatic carbocycles. The smallest absolute Gasteiger partial charge is 0.292 e. The molecule has 0 aliphatic heterocycles. The largest absolute Gasteiger partial charge is 0.435 e. The molecule has 0 N–H and O–H groups in total. The van der Waals surface area contributed by atoms with E-state index in [4.69, 9.17) is 5.26 Å². The zero-order chi connectivity index (χ0) is 19.0. The Kier molecular flexibility index (Phi) is 4.57. The number of nitriles is 1. The lowest BCUT2D eigenvalue weighted by molar-refractivity contribution is -0.141. The van der Waals surface area contributed by atoms with Gasteiger partial charge in [0.1, 0.15) is 0 Å². The van der Waals surface area contributed by atoms with Gasteiger partial charge in [-0.25, -0.2) is 0 Å². The molecule has 0 radical (unpaired) electrons. The number of rotatable bonds is 3. The first-order valence-electron chi connectivity index (χ1n) is 6.53. The second kappa shape index (κ2) is 6.19. The number of pyridine rings is 1. The number of hydrogen-bond donors (Lipinski definition) is 0. The van der Waals surface area contributed by atoms with Gasteiger partial charge in [-0.3, -0.25) is 14.5 Å². The van der Waals surface area contributed by atoms with E-state index in [2.05, 4.69) is 10.1 Å². The van der Waals surface area contributed by atoms with Crippen LogP contribution in [0, 0.1) is 11.3 Å². The number of nitrogens with zero attached hydrogens (tertiary/aromatic N) is 4. The highest BCUT2D eigenvalue weighted by Gasteiger charge is 2.41. The van der Waals surface area contributed by atoms with Crippen molar-refractivity contribution < 1.29 is 31.1 Å². The number of Topliss-reactive ketones (excluding diaryl/α,β-unsaturated/α-hetero) is 1. The van der Waals surface area contributed by atoms with Crippen LogP contribution >= 0.6 is 0 Å². The van der Waals surface area contributed by atoms with Crippen molar-refractivity contribution in [1.82, 2.24) is 14.8 Å². The molecule has 25 heavy (non-hydrogen) atoms. The van der Waals surface area contributed by atoms with Crippen LogP contribution < -0.4 is 0 Å². The van der Waals surface area contributed by atoms with E-state index in [-0.39, 0.29) is 0 Å². The molecule has 2 aromatic heterocycles. The van der Waals surface area contributed by atoms with Gasteiger partial charge in [0.05, 0.1) is 22.9 Å². The molecule has 0 saturated carbocycles. The maximum atomic E-state index is 12.9. The van der Waals surface area contributed by atoms with E-state index in [1.807, 2.05) is 0 Å². The summed E-state index contributed by atoms with van der Waals surface area (Å²) in [7, 11) is 1.16. The Hall–Kier alpha value is -2.90. The molecule has 0 amide bonds. The standard InChI is InChI=1S/C14H8F6N4O/c1-24-6-9(12(23-24)14(18,19)20)11(25)8(4-21)10-3-2-7(5-22-10)13(15,16)17/h2-3,5-6,8H,1H3. The van der Waals surface area contributed by atoms with E-state index >= 15 is 0 Å². The average molecular weight is 362 g/mol. The second-order valence-electron chi connectivity index (χ2n) is 4.96. The number of aryl methyl sites for hydroxylation is 1. The molecule has 2 heterocycles. The summed E-state index contributed by atoms with van der Waals surface area (Å²) in [5.41, 5.74) is -3.84. The highest BCUT2D eigenvalue weighted by Crippen LogP contribution is 2.33. The molecule has 1 unspecified atom stereocenters. The lowest BCUT2D eigenvalue weighted by Crippen LogP contribution is -2.18. The molecule has 2 rings (SSSR count). The summed E-state index contributed by atoms with van der Waals surface area (Å²) in [5.74, 6) is -3.05. The summed E-state index contributed by atoms with van der Waals surface area (Å²) in [5, 5.41) is 12.3. The monoisotopic (exact) mass is 362 g/mol. The quantitative estimate of drug-likeness (QED) is 0.620. The van der Waals surface area contributed by atoms with Crippen LogP contribution in [0.5, 0.6) is 0 Å². The molecule has 0 fully saturated rings. The molecule has 11 heteroatoms. The maximum Gasteiger partial charge on any atom is 0.435 e. The summed E-state index contributed by atoms with van der Waals surface area (Å²) < 4.78 is 77.0. The average Bonchev–Trinajstić information content (AvgIpc) is 2.90. The molecular weight excluding hydrogens is 354 g/mol. The summed E-state index contributed by atoms with van der Waals surface area (Å²) in [6, 6.07) is 2.83. The third kappa shape index (κ3) is 3.78. The Morgan fingerprint density at radius 3 is 2.28 bits per heavy atom. The Morgan fingerprint density at radius 1 is 1.20 bits per heavy atom. The van der Waals surface area contributed by atoms with Crippen LogP contribution in [-0.4, -0.2) is 20.5 Å². The SMILES string of the molecule is Cn1cc(C(=O)C(C#N)c2ccc(C(F)(F)F)cn2)c(C(F)(F)F)n1. The molecule has 1 atom stereocenters. The minimum absolute atomic E-state index is 0.391. The molecule has 0 spiro atoms. The van der Waals surface area contributed by atoms with Crippen LogP contribution in [0.2, 0.25) is 0 Å². The minimum atomic E-state index is -4.93. The van der Waals surface area contributed by atoms with E-state index in [0.717, 1.165) is 24.0 Å². The fraction of sp³-hybridized carbons (Fsp3) is 0.286. The van der Waals surface area contributed by atoms with Gasteiger partial charge in [0.15, 0.2) is 17.4 Å². The molecule has 0 aliphatic rings. The molecule has 0 bridgehead atoms. The van der Waals surface area contributed by atoms with Gasteiger partial charge in [-0.2, -0.15) is 36.7 Å². The van der Waals surface area contributed by atoms with Crippen molar-refractivity contribution in [2.45, 2.75) is 18.3 Å². The number of ketones is 1. The van der Waals surface area contributed by atoms with Crippen molar-refractivity contribution in [1.29, 1.82) is 5.26 Å². The molecule has 0 saturated heterocycles. The highest BCUT2D eigenvalue weighted by molar-refractivity contribution is 6.03. The molecule has 5 nitrogen and oxygen atoms in total. The zero-order valence-corrected chi connectivity index (χ0v) is 12.4. The van der Waals surface area contributed by atoms with E-state index in [1.54, 1.807) is 0 Å². The van der Waals surface area contributed by atoms with Crippen molar-refractivity contribution in [3.05, 3.63) is 47.0 Å². The van der Waals surface area contributed by atoms with Crippen molar-refractivity contribution in [3.8, 4) is 6.07 Å². The van der Waals surface area contributed by atoms with E-state index < -0.39 is 46.6 Å². The normalized spacial score (nSPS) is 13.4. The number of halogens is 6. The number of alkyl halides is 6. The minimum Gasteiger partial charge on any atom is -0.292 e. The highest BCUT2D eigenvalue weighted by atomic mass is 19.4. The lowest BCUT2D eigenvalue weighted by Gasteiger charge is -2.11. The molecule has 0 aliphatic carbocycles. The van der Waals surface area contributed by atoms with Crippen LogP contribution in [0.15, 0.2) is 24.5 Å². The summed E-state index contributed by atoms with van der Waals surface area (Å²) in [6.07, 6.45) is -8.41. The van der Waals surface area contributed by atoms with Crippen LogP contribution in [0.25, 0.3) is 0 Å². The molecule has 2 aromatic rings. The van der Waals surface area contributed by atoms with Gasteiger partial charge in [0.25, 0.3) is 0 Å². The summed E-state index contributed by atoms with van der Waals surface area (Å²) in [4.78, 5) is 15.7. The van der Waals surface area contributed by atoms with Crippen molar-refractivity contribution >= 4 is 5.78 Å². The predicted octanol–water partition coefficient (Wildman–Crippen LogP) is 3.34. The van der Waals surface area contributed by atoms with E-state index in [9.17, 15) is 31.1 Å². The van der Waals surface area contributed by atoms with E-state index in [1.165, 1.54) is 6.07 Å². The van der Waals surface area contributed by atoms with Gasteiger partial charge in [-0.15, -0.1) is 0 Å². The predicted molar refractivity (Wildman–Crippen MR) is 70.1 cm³/mol. The van der Waals surface area contributed by atoms with Gasteiger partial charge >= 0.3 is 12.4 Å². The van der Waals surface area contributed by atoms with Crippen LogP contribution in [0.3, 0.4) is 0 Å². The van der Waals surface area contributed by atoms with E-state index in [0.29, 0.717) is 12.3 Å². The Morgan fingerprint density at radius 2 is 1.84 bits per heavy atom. The van der Waals surface area contributed by atoms with Gasteiger partial charge in [-0.1, -0.05) is 0 Å². The van der Waals surface area contributed by atoms with Crippen molar-refractivity contribution in [2.24, 2.45) is 7.05 Å². The van der Waals surface area contributed by atoms with Crippen LogP contribution in [0.4, 0.5) is 26.3 Å². The lowest BCUT2D eigenvalue weighted by atomic mass is 9.95. The van der Waals surface area contributed by atoms with Gasteiger partial charge in [-0.05, 0) is 12.1 Å². The fourth-order valence-corrected chi connectivity index (χ4v) is 2.04. The Balaban J connectivity index is 2.43. The van der Waals surface area contributed by atoms with Gasteiger partial charge in [0, 0.05) is 19.4 Å². The zero-order valence-electron chi connectivity index (χ0n) is 12.4. The Bertz CT molecular complexity index is 829. The van der Waals surface area contributed by atoms with Crippen molar-refractivity contribution in [2.75, 3.05) is 0 Å². The molecular formula is C14H8F6N4O.